The minimum atomic E-state index is 0.318. The van der Waals surface area contributed by atoms with Crippen LogP contribution in [0.15, 0.2) is 0 Å². The van der Waals surface area contributed by atoms with E-state index in [9.17, 15) is 0 Å². The number of nitrogens with zero attached hydrogens (tertiary/aromatic N) is 1. The van der Waals surface area contributed by atoms with E-state index in [0.29, 0.717) is 11.0 Å². The average molecular weight is 224 g/mol. The van der Waals surface area contributed by atoms with E-state index in [4.69, 9.17) is 5.73 Å². The quantitative estimate of drug-likeness (QED) is 0.795. The van der Waals surface area contributed by atoms with Crippen molar-refractivity contribution in [3.63, 3.8) is 0 Å². The van der Waals surface area contributed by atoms with Gasteiger partial charge in [0.2, 0.25) is 0 Å². The van der Waals surface area contributed by atoms with Gasteiger partial charge in [-0.1, -0.05) is 13.8 Å². The van der Waals surface area contributed by atoms with E-state index in [1.54, 1.807) is 0 Å². The van der Waals surface area contributed by atoms with Gasteiger partial charge in [0.1, 0.15) is 0 Å². The molecular weight excluding hydrogens is 196 g/mol. The van der Waals surface area contributed by atoms with Crippen LogP contribution in [-0.4, -0.2) is 30.6 Å². The van der Waals surface area contributed by atoms with Crippen LogP contribution in [-0.2, 0) is 0 Å². The molecule has 2 aliphatic carbocycles. The predicted molar refractivity (Wildman–Crippen MR) is 69.4 cm³/mol. The van der Waals surface area contributed by atoms with Gasteiger partial charge in [-0.25, -0.2) is 0 Å². The molecule has 2 heteroatoms. The molecule has 0 bridgehead atoms. The fourth-order valence-electron chi connectivity index (χ4n) is 3.02. The van der Waals surface area contributed by atoms with Gasteiger partial charge < -0.3 is 5.73 Å². The monoisotopic (exact) mass is 224 g/mol. The van der Waals surface area contributed by atoms with Gasteiger partial charge >= 0.3 is 0 Å². The van der Waals surface area contributed by atoms with Crippen LogP contribution >= 0.6 is 0 Å². The Bertz CT molecular complexity index is 233. The van der Waals surface area contributed by atoms with E-state index < -0.39 is 0 Å². The SMILES string of the molecule is CN(CC1CC1)C1(CN)CCC(C)(C)CC1. The molecule has 0 radical (unpaired) electrons. The van der Waals surface area contributed by atoms with E-state index in [2.05, 4.69) is 25.8 Å². The van der Waals surface area contributed by atoms with Gasteiger partial charge in [-0.3, -0.25) is 4.90 Å². The van der Waals surface area contributed by atoms with Gasteiger partial charge in [-0.2, -0.15) is 0 Å². The molecule has 0 aliphatic heterocycles. The van der Waals surface area contributed by atoms with E-state index in [1.807, 2.05) is 0 Å². The fourth-order valence-corrected chi connectivity index (χ4v) is 3.02. The molecule has 2 nitrogen and oxygen atoms in total. The molecule has 0 atom stereocenters. The van der Waals surface area contributed by atoms with Crippen LogP contribution < -0.4 is 5.73 Å². The third-order valence-corrected chi connectivity index (χ3v) is 4.95. The second-order valence-electron chi connectivity index (χ2n) is 6.92. The average Bonchev–Trinajstić information content (AvgIpc) is 3.02. The largest absolute Gasteiger partial charge is 0.329 e. The lowest BCUT2D eigenvalue weighted by Gasteiger charge is -2.48. The summed E-state index contributed by atoms with van der Waals surface area (Å²) in [4.78, 5) is 2.58. The first-order valence-corrected chi connectivity index (χ1v) is 6.89. The van der Waals surface area contributed by atoms with Gasteiger partial charge in [0.15, 0.2) is 0 Å². The highest BCUT2D eigenvalue weighted by atomic mass is 15.2. The van der Waals surface area contributed by atoms with E-state index >= 15 is 0 Å². The summed E-state index contributed by atoms with van der Waals surface area (Å²) in [6, 6.07) is 0. The summed E-state index contributed by atoms with van der Waals surface area (Å²) in [6.45, 7) is 6.91. The highest BCUT2D eigenvalue weighted by molar-refractivity contribution is 4.98. The Morgan fingerprint density at radius 1 is 1.12 bits per heavy atom. The van der Waals surface area contributed by atoms with Crippen LogP contribution in [0.2, 0.25) is 0 Å². The number of hydrogen-bond donors (Lipinski definition) is 1. The van der Waals surface area contributed by atoms with Gasteiger partial charge in [-0.05, 0) is 56.9 Å². The molecule has 0 unspecified atom stereocenters. The number of hydrogen-bond acceptors (Lipinski definition) is 2. The molecule has 2 N–H and O–H groups in total. The van der Waals surface area contributed by atoms with Crippen molar-refractivity contribution in [2.75, 3.05) is 20.1 Å². The molecule has 94 valence electrons. The summed E-state index contributed by atoms with van der Waals surface area (Å²) in [5, 5.41) is 0. The molecule has 2 rings (SSSR count). The molecule has 0 spiro atoms. The summed E-state index contributed by atoms with van der Waals surface area (Å²) < 4.78 is 0. The van der Waals surface area contributed by atoms with Gasteiger partial charge in [-0.15, -0.1) is 0 Å². The zero-order valence-electron chi connectivity index (χ0n) is 11.3. The smallest absolute Gasteiger partial charge is 0.0329 e. The molecule has 0 aromatic rings. The summed E-state index contributed by atoms with van der Waals surface area (Å²) in [5.74, 6) is 0.975. The molecule has 2 aliphatic rings. The standard InChI is InChI=1S/C14H28N2/c1-13(2)6-8-14(11-15,9-7-13)16(3)10-12-4-5-12/h12H,4-11,15H2,1-3H3. The molecular formula is C14H28N2. The predicted octanol–water partition coefficient (Wildman–Crippen LogP) is 2.63. The number of likely N-dealkylation sites (N-methyl/N-ethyl adjacent to an activating group) is 1. The molecule has 0 aromatic carbocycles. The van der Waals surface area contributed by atoms with Crippen molar-refractivity contribution in [3.05, 3.63) is 0 Å². The maximum Gasteiger partial charge on any atom is 0.0329 e. The number of nitrogens with two attached hydrogens (primary N) is 1. The Kier molecular flexibility index (Phi) is 3.33. The van der Waals surface area contributed by atoms with Crippen LogP contribution in [0, 0.1) is 11.3 Å². The number of rotatable bonds is 4. The van der Waals surface area contributed by atoms with E-state index in [0.717, 1.165) is 12.5 Å². The lowest BCUT2D eigenvalue weighted by Crippen LogP contribution is -2.55. The summed E-state index contributed by atoms with van der Waals surface area (Å²) >= 11 is 0. The van der Waals surface area contributed by atoms with Crippen molar-refractivity contribution in [3.8, 4) is 0 Å². The first kappa shape index (κ1) is 12.4. The zero-order valence-corrected chi connectivity index (χ0v) is 11.3. The van der Waals surface area contributed by atoms with Crippen LogP contribution in [0.5, 0.6) is 0 Å². The fraction of sp³-hybridized carbons (Fsp3) is 1.00. The van der Waals surface area contributed by atoms with Crippen molar-refractivity contribution >= 4 is 0 Å². The summed E-state index contributed by atoms with van der Waals surface area (Å²) in [5.41, 5.74) is 6.94. The van der Waals surface area contributed by atoms with E-state index in [1.165, 1.54) is 45.1 Å². The topological polar surface area (TPSA) is 29.3 Å². The Hall–Kier alpha value is -0.0800. The van der Waals surface area contributed by atoms with Crippen LogP contribution in [0.25, 0.3) is 0 Å². The third-order valence-electron chi connectivity index (χ3n) is 4.95. The first-order valence-electron chi connectivity index (χ1n) is 6.89. The zero-order chi connectivity index (χ0) is 11.8. The molecule has 0 aromatic heterocycles. The molecule has 0 amide bonds. The van der Waals surface area contributed by atoms with E-state index in [-0.39, 0.29) is 0 Å². The summed E-state index contributed by atoms with van der Waals surface area (Å²) in [6.07, 6.45) is 8.13. The van der Waals surface area contributed by atoms with Crippen molar-refractivity contribution in [2.45, 2.75) is 57.9 Å². The second-order valence-corrected chi connectivity index (χ2v) is 6.92. The maximum absolute atomic E-state index is 6.08. The van der Waals surface area contributed by atoms with Crippen molar-refractivity contribution in [2.24, 2.45) is 17.1 Å². The van der Waals surface area contributed by atoms with Gasteiger partial charge in [0, 0.05) is 18.6 Å². The Morgan fingerprint density at radius 2 is 1.69 bits per heavy atom. The molecule has 16 heavy (non-hydrogen) atoms. The molecule has 2 saturated carbocycles. The normalized spacial score (nSPS) is 28.3. The Morgan fingerprint density at radius 3 is 2.12 bits per heavy atom. The minimum absolute atomic E-state index is 0.318. The van der Waals surface area contributed by atoms with Gasteiger partial charge in [0.05, 0.1) is 0 Å². The minimum Gasteiger partial charge on any atom is -0.329 e. The highest BCUT2D eigenvalue weighted by Gasteiger charge is 2.41. The van der Waals surface area contributed by atoms with Crippen molar-refractivity contribution in [1.29, 1.82) is 0 Å². The van der Waals surface area contributed by atoms with Crippen LogP contribution in [0.4, 0.5) is 0 Å². The van der Waals surface area contributed by atoms with Crippen molar-refractivity contribution in [1.82, 2.24) is 4.90 Å². The molecule has 0 saturated heterocycles. The summed E-state index contributed by atoms with van der Waals surface area (Å²) in [7, 11) is 2.30. The van der Waals surface area contributed by atoms with Crippen molar-refractivity contribution < 1.29 is 0 Å². The van der Waals surface area contributed by atoms with Gasteiger partial charge in [0.25, 0.3) is 0 Å². The second kappa shape index (κ2) is 4.30. The Labute approximate surface area is 101 Å². The lowest BCUT2D eigenvalue weighted by molar-refractivity contribution is 0.0387. The third kappa shape index (κ3) is 2.60. The molecule has 0 heterocycles. The lowest BCUT2D eigenvalue weighted by atomic mass is 9.69. The first-order chi connectivity index (χ1) is 7.47. The highest BCUT2D eigenvalue weighted by Crippen LogP contribution is 2.43. The van der Waals surface area contributed by atoms with Crippen LogP contribution in [0.1, 0.15) is 52.4 Å². The van der Waals surface area contributed by atoms with Crippen LogP contribution in [0.3, 0.4) is 0 Å². The molecule has 2 fully saturated rings. The maximum atomic E-state index is 6.08. The Balaban J connectivity index is 1.96.